The lowest BCUT2D eigenvalue weighted by Gasteiger charge is -2.13. The summed E-state index contributed by atoms with van der Waals surface area (Å²) in [7, 11) is 1.60. The van der Waals surface area contributed by atoms with E-state index in [0.29, 0.717) is 16.6 Å². The van der Waals surface area contributed by atoms with Gasteiger partial charge in [0, 0.05) is 6.42 Å². The Kier molecular flexibility index (Phi) is 6.19. The summed E-state index contributed by atoms with van der Waals surface area (Å²) in [6.07, 6.45) is 6.15. The van der Waals surface area contributed by atoms with Crippen LogP contribution in [0.5, 0.6) is 5.75 Å². The molecule has 1 aliphatic carbocycles. The molecule has 1 aliphatic rings. The van der Waals surface area contributed by atoms with E-state index in [2.05, 4.69) is 20.5 Å². The summed E-state index contributed by atoms with van der Waals surface area (Å²) in [5.74, 6) is 2.20. The van der Waals surface area contributed by atoms with Crippen molar-refractivity contribution in [1.82, 2.24) is 15.2 Å². The molecule has 1 atom stereocenters. The molecule has 0 radical (unpaired) electrons. The number of aromatic nitrogens is 3. The first-order chi connectivity index (χ1) is 12.5. The Morgan fingerprint density at radius 3 is 2.92 bits per heavy atom. The van der Waals surface area contributed by atoms with Crippen molar-refractivity contribution in [3.8, 4) is 5.75 Å². The number of thioether (sulfide) groups is 1. The first kappa shape index (κ1) is 18.8. The summed E-state index contributed by atoms with van der Waals surface area (Å²) < 4.78 is 5.31. The standard InChI is InChI=1S/C19H26N4O2S/c1-12-8-9-16(25-3)15(10-12)20-18(24)13(2)26-19-21-17(22-23-19)11-14-6-4-5-7-14/h8-10,13-14H,4-7,11H2,1-3H3,(H,20,24)(H,21,22,23). The van der Waals surface area contributed by atoms with Crippen LogP contribution >= 0.6 is 11.8 Å². The molecule has 1 saturated carbocycles. The summed E-state index contributed by atoms with van der Waals surface area (Å²) in [6.45, 7) is 3.84. The van der Waals surface area contributed by atoms with Gasteiger partial charge in [0.15, 0.2) is 0 Å². The van der Waals surface area contributed by atoms with Gasteiger partial charge >= 0.3 is 0 Å². The molecule has 140 valence electrons. The van der Waals surface area contributed by atoms with Gasteiger partial charge in [-0.2, -0.15) is 0 Å². The highest BCUT2D eigenvalue weighted by Gasteiger charge is 2.20. The first-order valence-corrected chi connectivity index (χ1v) is 9.96. The number of nitrogens with one attached hydrogen (secondary N) is 2. The van der Waals surface area contributed by atoms with Crippen LogP contribution in [0.25, 0.3) is 0 Å². The maximum atomic E-state index is 12.5. The quantitative estimate of drug-likeness (QED) is 0.717. The lowest BCUT2D eigenvalue weighted by Crippen LogP contribution is -2.22. The highest BCUT2D eigenvalue weighted by Crippen LogP contribution is 2.29. The molecule has 1 aromatic heterocycles. The summed E-state index contributed by atoms with van der Waals surface area (Å²) >= 11 is 1.36. The van der Waals surface area contributed by atoms with E-state index >= 15 is 0 Å². The predicted octanol–water partition coefficient (Wildman–Crippen LogP) is 3.97. The topological polar surface area (TPSA) is 79.9 Å². The number of ether oxygens (including phenoxy) is 1. The van der Waals surface area contributed by atoms with Gasteiger partial charge in [0.2, 0.25) is 11.1 Å². The number of carbonyl (C=O) groups is 1. The monoisotopic (exact) mass is 374 g/mol. The second-order valence-corrected chi connectivity index (χ2v) is 8.18. The van der Waals surface area contributed by atoms with Crippen molar-refractivity contribution in [3.63, 3.8) is 0 Å². The molecule has 3 rings (SSSR count). The van der Waals surface area contributed by atoms with Crippen LogP contribution < -0.4 is 10.1 Å². The number of benzene rings is 1. The molecule has 2 N–H and O–H groups in total. The molecule has 1 heterocycles. The fraction of sp³-hybridized carbons (Fsp3) is 0.526. The molecule has 0 saturated heterocycles. The molecule has 0 spiro atoms. The number of nitrogens with zero attached hydrogens (tertiary/aromatic N) is 2. The van der Waals surface area contributed by atoms with Crippen molar-refractivity contribution < 1.29 is 9.53 Å². The maximum Gasteiger partial charge on any atom is 0.237 e. The molecule has 0 aliphatic heterocycles. The van der Waals surface area contributed by atoms with Crippen LogP contribution in [0, 0.1) is 12.8 Å². The van der Waals surface area contributed by atoms with Crippen molar-refractivity contribution in [1.29, 1.82) is 0 Å². The summed E-state index contributed by atoms with van der Waals surface area (Å²) in [5, 5.41) is 10.5. The maximum absolute atomic E-state index is 12.5. The third kappa shape index (κ3) is 4.78. The number of aryl methyl sites for hydroxylation is 1. The minimum Gasteiger partial charge on any atom is -0.495 e. The van der Waals surface area contributed by atoms with E-state index in [9.17, 15) is 4.79 Å². The normalized spacial score (nSPS) is 15.8. The minimum absolute atomic E-state index is 0.0963. The van der Waals surface area contributed by atoms with Crippen LogP contribution in [0.4, 0.5) is 5.69 Å². The molecule has 1 aromatic carbocycles. The van der Waals surface area contributed by atoms with Crippen molar-refractivity contribution in [2.24, 2.45) is 5.92 Å². The van der Waals surface area contributed by atoms with Crippen LogP contribution in [0.1, 0.15) is 44.0 Å². The van der Waals surface area contributed by atoms with Crippen molar-refractivity contribution in [2.45, 2.75) is 56.4 Å². The minimum atomic E-state index is -0.310. The van der Waals surface area contributed by atoms with Crippen LogP contribution in [0.3, 0.4) is 0 Å². The molecule has 26 heavy (non-hydrogen) atoms. The number of amides is 1. The molecular weight excluding hydrogens is 348 g/mol. The molecule has 0 bridgehead atoms. The van der Waals surface area contributed by atoms with Gasteiger partial charge in [-0.3, -0.25) is 9.89 Å². The van der Waals surface area contributed by atoms with Crippen LogP contribution in [0.15, 0.2) is 23.4 Å². The molecule has 1 fully saturated rings. The van der Waals surface area contributed by atoms with Gasteiger partial charge in [0.1, 0.15) is 11.6 Å². The largest absolute Gasteiger partial charge is 0.495 e. The van der Waals surface area contributed by atoms with Crippen molar-refractivity contribution in [2.75, 3.05) is 12.4 Å². The highest BCUT2D eigenvalue weighted by molar-refractivity contribution is 8.00. The van der Waals surface area contributed by atoms with Gasteiger partial charge < -0.3 is 10.1 Å². The molecule has 7 heteroatoms. The van der Waals surface area contributed by atoms with Gasteiger partial charge in [0.25, 0.3) is 0 Å². The van der Waals surface area contributed by atoms with Crippen LogP contribution in [-0.4, -0.2) is 33.4 Å². The zero-order valence-electron chi connectivity index (χ0n) is 15.5. The van der Waals surface area contributed by atoms with Crippen molar-refractivity contribution in [3.05, 3.63) is 29.6 Å². The van der Waals surface area contributed by atoms with Gasteiger partial charge in [-0.15, -0.1) is 5.10 Å². The Morgan fingerprint density at radius 2 is 2.19 bits per heavy atom. The van der Waals surface area contributed by atoms with Gasteiger partial charge in [0.05, 0.1) is 18.0 Å². The molecule has 2 aromatic rings. The lowest BCUT2D eigenvalue weighted by atomic mass is 10.0. The predicted molar refractivity (Wildman–Crippen MR) is 104 cm³/mol. The lowest BCUT2D eigenvalue weighted by molar-refractivity contribution is -0.115. The average Bonchev–Trinajstić information content (AvgIpc) is 3.27. The number of rotatable bonds is 7. The average molecular weight is 375 g/mol. The second-order valence-electron chi connectivity index (χ2n) is 6.87. The Labute approximate surface area is 158 Å². The Morgan fingerprint density at radius 1 is 1.42 bits per heavy atom. The smallest absolute Gasteiger partial charge is 0.237 e. The Bertz CT molecular complexity index is 756. The Hall–Kier alpha value is -2.02. The number of H-pyrrole nitrogens is 1. The number of carbonyl (C=O) groups excluding carboxylic acids is 1. The zero-order chi connectivity index (χ0) is 18.5. The van der Waals surface area contributed by atoms with Crippen LogP contribution in [-0.2, 0) is 11.2 Å². The van der Waals surface area contributed by atoms with Gasteiger partial charge in [-0.1, -0.05) is 43.5 Å². The molecule has 6 nitrogen and oxygen atoms in total. The zero-order valence-corrected chi connectivity index (χ0v) is 16.4. The van der Waals surface area contributed by atoms with E-state index in [-0.39, 0.29) is 11.2 Å². The van der Waals surface area contributed by atoms with Crippen LogP contribution in [0.2, 0.25) is 0 Å². The van der Waals surface area contributed by atoms with E-state index in [4.69, 9.17) is 4.74 Å². The summed E-state index contributed by atoms with van der Waals surface area (Å²) in [6, 6.07) is 5.71. The highest BCUT2D eigenvalue weighted by atomic mass is 32.2. The third-order valence-corrected chi connectivity index (χ3v) is 5.69. The third-order valence-electron chi connectivity index (χ3n) is 4.73. The fourth-order valence-corrected chi connectivity index (χ4v) is 4.02. The Balaban J connectivity index is 1.57. The van der Waals surface area contributed by atoms with E-state index in [0.717, 1.165) is 23.7 Å². The molecule has 1 unspecified atom stereocenters. The number of hydrogen-bond acceptors (Lipinski definition) is 5. The number of aromatic amines is 1. The first-order valence-electron chi connectivity index (χ1n) is 9.08. The van der Waals surface area contributed by atoms with E-state index in [1.807, 2.05) is 32.0 Å². The fourth-order valence-electron chi connectivity index (χ4n) is 3.28. The van der Waals surface area contributed by atoms with E-state index < -0.39 is 0 Å². The second kappa shape index (κ2) is 8.58. The van der Waals surface area contributed by atoms with Crippen molar-refractivity contribution >= 4 is 23.4 Å². The van der Waals surface area contributed by atoms with Gasteiger partial charge in [-0.05, 0) is 37.5 Å². The summed E-state index contributed by atoms with van der Waals surface area (Å²) in [4.78, 5) is 17.1. The van der Waals surface area contributed by atoms with E-state index in [1.165, 1.54) is 37.4 Å². The number of methoxy groups -OCH3 is 1. The van der Waals surface area contributed by atoms with Gasteiger partial charge in [-0.25, -0.2) is 4.98 Å². The number of anilines is 1. The number of hydrogen-bond donors (Lipinski definition) is 2. The summed E-state index contributed by atoms with van der Waals surface area (Å²) in [5.41, 5.74) is 1.74. The SMILES string of the molecule is COc1ccc(C)cc1NC(=O)C(C)Sc1n[nH]c(CC2CCCC2)n1. The molecular formula is C19H26N4O2S. The molecule has 1 amide bonds. The van der Waals surface area contributed by atoms with E-state index in [1.54, 1.807) is 7.11 Å².